The standard InChI is InChI=1S/C13H20N2O3S/c1-18-13-4-2-3-12(9-13)15-19(16,17)10-11-5-7-14-8-6-11/h2-4,9,11,14-15H,5-8,10H2,1H3. The number of methoxy groups -OCH3 is 1. The molecule has 1 aliphatic heterocycles. The highest BCUT2D eigenvalue weighted by Gasteiger charge is 2.21. The monoisotopic (exact) mass is 284 g/mol. The molecule has 0 radical (unpaired) electrons. The van der Waals surface area contributed by atoms with Gasteiger partial charge in [0.15, 0.2) is 0 Å². The Hall–Kier alpha value is -1.27. The summed E-state index contributed by atoms with van der Waals surface area (Å²) in [4.78, 5) is 0. The predicted octanol–water partition coefficient (Wildman–Crippen LogP) is 1.44. The van der Waals surface area contributed by atoms with E-state index < -0.39 is 10.0 Å². The largest absolute Gasteiger partial charge is 0.497 e. The van der Waals surface area contributed by atoms with Crippen molar-refractivity contribution < 1.29 is 13.2 Å². The molecule has 2 rings (SSSR count). The van der Waals surface area contributed by atoms with Gasteiger partial charge in [-0.3, -0.25) is 4.72 Å². The maximum atomic E-state index is 12.1. The van der Waals surface area contributed by atoms with Gasteiger partial charge in [-0.15, -0.1) is 0 Å². The van der Waals surface area contributed by atoms with Crippen LogP contribution in [0.15, 0.2) is 24.3 Å². The van der Waals surface area contributed by atoms with Crippen molar-refractivity contribution in [1.29, 1.82) is 0 Å². The van der Waals surface area contributed by atoms with Gasteiger partial charge in [0.1, 0.15) is 5.75 Å². The number of sulfonamides is 1. The average Bonchev–Trinajstić information content (AvgIpc) is 2.39. The molecule has 5 nitrogen and oxygen atoms in total. The summed E-state index contributed by atoms with van der Waals surface area (Å²) in [7, 11) is -1.73. The lowest BCUT2D eigenvalue weighted by atomic mass is 10.0. The summed E-state index contributed by atoms with van der Waals surface area (Å²) in [6.45, 7) is 1.80. The van der Waals surface area contributed by atoms with Gasteiger partial charge >= 0.3 is 0 Å². The van der Waals surface area contributed by atoms with Gasteiger partial charge in [0.2, 0.25) is 10.0 Å². The Labute approximate surface area is 114 Å². The van der Waals surface area contributed by atoms with Crippen molar-refractivity contribution >= 4 is 15.7 Å². The van der Waals surface area contributed by atoms with Gasteiger partial charge in [0.25, 0.3) is 0 Å². The summed E-state index contributed by atoms with van der Waals surface area (Å²) in [6.07, 6.45) is 1.83. The second-order valence-electron chi connectivity index (χ2n) is 4.81. The summed E-state index contributed by atoms with van der Waals surface area (Å²) in [5.41, 5.74) is 0.549. The van der Waals surface area contributed by atoms with Crippen LogP contribution in [-0.4, -0.2) is 34.4 Å². The number of piperidine rings is 1. The SMILES string of the molecule is COc1cccc(NS(=O)(=O)CC2CCNCC2)c1. The molecule has 1 aromatic carbocycles. The molecule has 106 valence electrons. The summed E-state index contributed by atoms with van der Waals surface area (Å²) in [6, 6.07) is 6.95. The van der Waals surface area contributed by atoms with Crippen LogP contribution in [0.25, 0.3) is 0 Å². The van der Waals surface area contributed by atoms with Crippen LogP contribution in [0.4, 0.5) is 5.69 Å². The number of nitrogens with one attached hydrogen (secondary N) is 2. The molecule has 0 spiro atoms. The molecule has 1 aliphatic rings. The number of hydrogen-bond acceptors (Lipinski definition) is 4. The lowest BCUT2D eigenvalue weighted by Gasteiger charge is -2.22. The first-order valence-electron chi connectivity index (χ1n) is 6.44. The molecule has 1 fully saturated rings. The topological polar surface area (TPSA) is 67.4 Å². The molecule has 2 N–H and O–H groups in total. The zero-order chi connectivity index (χ0) is 13.7. The van der Waals surface area contributed by atoms with Crippen LogP contribution < -0.4 is 14.8 Å². The molecule has 1 saturated heterocycles. The molecule has 0 aliphatic carbocycles. The molecule has 0 saturated carbocycles. The lowest BCUT2D eigenvalue weighted by molar-refractivity contribution is 0.402. The van der Waals surface area contributed by atoms with E-state index in [1.54, 1.807) is 31.4 Å². The Kier molecular flexibility index (Phi) is 4.66. The zero-order valence-electron chi connectivity index (χ0n) is 11.1. The minimum atomic E-state index is -3.29. The van der Waals surface area contributed by atoms with Gasteiger partial charge in [0.05, 0.1) is 18.6 Å². The van der Waals surface area contributed by atoms with Crippen LogP contribution in [0, 0.1) is 5.92 Å². The highest BCUT2D eigenvalue weighted by atomic mass is 32.2. The molecule has 0 amide bonds. The maximum absolute atomic E-state index is 12.1. The van der Waals surface area contributed by atoms with Crippen molar-refractivity contribution in [3.8, 4) is 5.75 Å². The van der Waals surface area contributed by atoms with Crippen LogP contribution in [0.1, 0.15) is 12.8 Å². The number of hydrogen-bond donors (Lipinski definition) is 2. The van der Waals surface area contributed by atoms with Crippen LogP contribution >= 0.6 is 0 Å². The second kappa shape index (κ2) is 6.25. The van der Waals surface area contributed by atoms with E-state index in [-0.39, 0.29) is 11.7 Å². The van der Waals surface area contributed by atoms with Crippen LogP contribution in [0.2, 0.25) is 0 Å². The van der Waals surface area contributed by atoms with Crippen LogP contribution in [-0.2, 0) is 10.0 Å². The Morgan fingerprint density at radius 2 is 2.11 bits per heavy atom. The van der Waals surface area contributed by atoms with Crippen LogP contribution in [0.3, 0.4) is 0 Å². The molecular formula is C13H20N2O3S. The molecule has 1 aromatic rings. The lowest BCUT2D eigenvalue weighted by Crippen LogP contribution is -2.33. The van der Waals surface area contributed by atoms with Gasteiger partial charge in [-0.25, -0.2) is 8.42 Å². The third-order valence-electron chi connectivity index (χ3n) is 3.26. The first-order valence-corrected chi connectivity index (χ1v) is 8.09. The van der Waals surface area contributed by atoms with E-state index in [1.165, 1.54) is 0 Å². The average molecular weight is 284 g/mol. The quantitative estimate of drug-likeness (QED) is 0.858. The number of anilines is 1. The fourth-order valence-electron chi connectivity index (χ4n) is 2.27. The fraction of sp³-hybridized carbons (Fsp3) is 0.538. The Balaban J connectivity index is 1.99. The Bertz CT molecular complexity index is 510. The van der Waals surface area contributed by atoms with E-state index in [4.69, 9.17) is 4.74 Å². The van der Waals surface area contributed by atoms with Crippen molar-refractivity contribution in [2.24, 2.45) is 5.92 Å². The molecule has 0 bridgehead atoms. The first kappa shape index (κ1) is 14.1. The van der Waals surface area contributed by atoms with Gasteiger partial charge in [0, 0.05) is 6.07 Å². The highest BCUT2D eigenvalue weighted by Crippen LogP contribution is 2.20. The molecule has 0 aromatic heterocycles. The fourth-order valence-corrected chi connectivity index (χ4v) is 3.79. The highest BCUT2D eigenvalue weighted by molar-refractivity contribution is 7.92. The third kappa shape index (κ3) is 4.40. The van der Waals surface area contributed by atoms with Crippen molar-refractivity contribution in [2.45, 2.75) is 12.8 Å². The first-order chi connectivity index (χ1) is 9.09. The van der Waals surface area contributed by atoms with Gasteiger partial charge in [-0.2, -0.15) is 0 Å². The van der Waals surface area contributed by atoms with E-state index in [0.717, 1.165) is 25.9 Å². The summed E-state index contributed by atoms with van der Waals surface area (Å²) in [5.74, 6) is 1.07. The number of benzene rings is 1. The minimum Gasteiger partial charge on any atom is -0.497 e. The van der Waals surface area contributed by atoms with E-state index in [9.17, 15) is 8.42 Å². The Morgan fingerprint density at radius 3 is 2.79 bits per heavy atom. The number of rotatable bonds is 5. The van der Waals surface area contributed by atoms with E-state index in [1.807, 2.05) is 0 Å². The second-order valence-corrected chi connectivity index (χ2v) is 6.58. The smallest absolute Gasteiger partial charge is 0.232 e. The van der Waals surface area contributed by atoms with Gasteiger partial charge < -0.3 is 10.1 Å². The van der Waals surface area contributed by atoms with Crippen molar-refractivity contribution in [1.82, 2.24) is 5.32 Å². The van der Waals surface area contributed by atoms with Gasteiger partial charge in [-0.1, -0.05) is 6.07 Å². The van der Waals surface area contributed by atoms with Crippen molar-refractivity contribution in [3.63, 3.8) is 0 Å². The maximum Gasteiger partial charge on any atom is 0.232 e. The zero-order valence-corrected chi connectivity index (χ0v) is 11.9. The molecular weight excluding hydrogens is 264 g/mol. The third-order valence-corrected chi connectivity index (χ3v) is 4.71. The molecule has 0 atom stereocenters. The Morgan fingerprint density at radius 1 is 1.37 bits per heavy atom. The summed E-state index contributed by atoms with van der Waals surface area (Å²) in [5, 5.41) is 3.23. The molecule has 1 heterocycles. The van der Waals surface area contributed by atoms with Crippen molar-refractivity contribution in [2.75, 3.05) is 30.7 Å². The number of ether oxygens (including phenoxy) is 1. The molecule has 6 heteroatoms. The normalized spacial score (nSPS) is 17.1. The van der Waals surface area contributed by atoms with Gasteiger partial charge in [-0.05, 0) is 44.0 Å². The molecule has 0 unspecified atom stereocenters. The minimum absolute atomic E-state index is 0.186. The van der Waals surface area contributed by atoms with Crippen LogP contribution in [0.5, 0.6) is 5.75 Å². The van der Waals surface area contributed by atoms with E-state index in [2.05, 4.69) is 10.0 Å². The van der Waals surface area contributed by atoms with Crippen molar-refractivity contribution in [3.05, 3.63) is 24.3 Å². The summed E-state index contributed by atoms with van der Waals surface area (Å²) >= 11 is 0. The van der Waals surface area contributed by atoms with E-state index >= 15 is 0 Å². The molecule has 19 heavy (non-hydrogen) atoms. The predicted molar refractivity (Wildman–Crippen MR) is 76.0 cm³/mol. The van der Waals surface area contributed by atoms with E-state index in [0.29, 0.717) is 11.4 Å². The summed E-state index contributed by atoms with van der Waals surface area (Å²) < 4.78 is 31.9.